The van der Waals surface area contributed by atoms with Crippen LogP contribution in [0.2, 0.25) is 0 Å². The molecule has 0 saturated heterocycles. The van der Waals surface area contributed by atoms with Crippen LogP contribution in [0.5, 0.6) is 0 Å². The molecule has 1 amide bonds. The predicted octanol–water partition coefficient (Wildman–Crippen LogP) is 2.86. The molecular weight excluding hydrogens is 284 g/mol. The van der Waals surface area contributed by atoms with Gasteiger partial charge in [0, 0.05) is 18.5 Å². The van der Waals surface area contributed by atoms with Crippen molar-refractivity contribution in [2.45, 2.75) is 32.9 Å². The minimum atomic E-state index is -0.943. The highest BCUT2D eigenvalue weighted by Gasteiger charge is 2.25. The maximum atomic E-state index is 12.7. The first-order chi connectivity index (χ1) is 9.87. The van der Waals surface area contributed by atoms with Crippen LogP contribution in [0.4, 0.5) is 0 Å². The lowest BCUT2D eigenvalue weighted by Gasteiger charge is -2.29. The third-order valence-corrected chi connectivity index (χ3v) is 3.78. The predicted molar refractivity (Wildman–Crippen MR) is 84.3 cm³/mol. The summed E-state index contributed by atoms with van der Waals surface area (Å²) < 4.78 is 4.16. The molecule has 0 fully saturated rings. The molecule has 4 nitrogen and oxygen atoms in total. The molecule has 2 aromatic rings. The number of rotatable bonds is 5. The van der Waals surface area contributed by atoms with Gasteiger partial charge in [0.1, 0.15) is 0 Å². The van der Waals surface area contributed by atoms with Crippen molar-refractivity contribution < 1.29 is 9.90 Å². The zero-order chi connectivity index (χ0) is 15.5. The molecule has 2 rings (SSSR count). The molecule has 0 aliphatic carbocycles. The smallest absolute Gasteiger partial charge is 0.257 e. The summed E-state index contributed by atoms with van der Waals surface area (Å²) in [6, 6.07) is 9.78. The molecule has 1 heterocycles. The SMILES string of the molecule is Cc1nscc1C(=O)N(Cc1ccccc1)CC(C)(C)O. The number of hydrogen-bond acceptors (Lipinski definition) is 4. The summed E-state index contributed by atoms with van der Waals surface area (Å²) in [5.74, 6) is -0.0905. The van der Waals surface area contributed by atoms with Crippen LogP contribution in [-0.2, 0) is 6.54 Å². The zero-order valence-corrected chi connectivity index (χ0v) is 13.4. The second kappa shape index (κ2) is 6.37. The van der Waals surface area contributed by atoms with Gasteiger partial charge in [-0.3, -0.25) is 4.79 Å². The molecule has 0 unspecified atom stereocenters. The van der Waals surface area contributed by atoms with Gasteiger partial charge in [-0.2, -0.15) is 4.37 Å². The highest BCUT2D eigenvalue weighted by Crippen LogP contribution is 2.17. The molecule has 1 aromatic carbocycles. The van der Waals surface area contributed by atoms with Gasteiger partial charge in [-0.15, -0.1) is 0 Å². The Morgan fingerprint density at radius 2 is 2.00 bits per heavy atom. The van der Waals surface area contributed by atoms with Crippen LogP contribution >= 0.6 is 11.5 Å². The van der Waals surface area contributed by atoms with E-state index in [-0.39, 0.29) is 12.5 Å². The first-order valence-corrected chi connectivity index (χ1v) is 7.67. The summed E-state index contributed by atoms with van der Waals surface area (Å²) in [5.41, 5.74) is 1.44. The monoisotopic (exact) mass is 304 g/mol. The number of aromatic nitrogens is 1. The fourth-order valence-electron chi connectivity index (χ4n) is 2.14. The molecule has 1 N–H and O–H groups in total. The van der Waals surface area contributed by atoms with E-state index in [9.17, 15) is 9.90 Å². The molecule has 5 heteroatoms. The Balaban J connectivity index is 2.24. The van der Waals surface area contributed by atoms with Gasteiger partial charge in [0.25, 0.3) is 5.91 Å². The molecule has 0 aliphatic rings. The number of benzene rings is 1. The summed E-state index contributed by atoms with van der Waals surface area (Å²) in [5, 5.41) is 11.8. The highest BCUT2D eigenvalue weighted by molar-refractivity contribution is 7.03. The number of carbonyl (C=O) groups excluding carboxylic acids is 1. The Hall–Kier alpha value is -1.72. The Bertz CT molecular complexity index is 602. The Labute approximate surface area is 129 Å². The van der Waals surface area contributed by atoms with E-state index in [1.54, 1.807) is 24.1 Å². The maximum Gasteiger partial charge on any atom is 0.257 e. The number of aliphatic hydroxyl groups is 1. The fourth-order valence-corrected chi connectivity index (χ4v) is 2.82. The van der Waals surface area contributed by atoms with E-state index < -0.39 is 5.60 Å². The largest absolute Gasteiger partial charge is 0.389 e. The molecule has 112 valence electrons. The van der Waals surface area contributed by atoms with Crippen LogP contribution in [0.15, 0.2) is 35.7 Å². The molecule has 0 saturated carbocycles. The third kappa shape index (κ3) is 4.37. The van der Waals surface area contributed by atoms with Gasteiger partial charge in [0.15, 0.2) is 0 Å². The topological polar surface area (TPSA) is 53.4 Å². The quantitative estimate of drug-likeness (QED) is 0.924. The number of amides is 1. The fraction of sp³-hybridized carbons (Fsp3) is 0.375. The van der Waals surface area contributed by atoms with E-state index in [0.29, 0.717) is 12.1 Å². The summed E-state index contributed by atoms with van der Waals surface area (Å²) in [6.07, 6.45) is 0. The van der Waals surface area contributed by atoms with E-state index in [0.717, 1.165) is 11.3 Å². The molecule has 0 aliphatic heterocycles. The van der Waals surface area contributed by atoms with Crippen molar-refractivity contribution in [3.63, 3.8) is 0 Å². The van der Waals surface area contributed by atoms with Gasteiger partial charge >= 0.3 is 0 Å². The summed E-state index contributed by atoms with van der Waals surface area (Å²) in [6.45, 7) is 5.98. The minimum absolute atomic E-state index is 0.0905. The molecule has 21 heavy (non-hydrogen) atoms. The standard InChI is InChI=1S/C16H20N2O2S/c1-12-14(10-21-17-12)15(19)18(11-16(2,3)20)9-13-7-5-4-6-8-13/h4-8,10,20H,9,11H2,1-3H3. The van der Waals surface area contributed by atoms with Crippen molar-refractivity contribution in [2.75, 3.05) is 6.54 Å². The van der Waals surface area contributed by atoms with Crippen molar-refractivity contribution in [1.29, 1.82) is 0 Å². The third-order valence-electron chi connectivity index (χ3n) is 3.06. The zero-order valence-electron chi connectivity index (χ0n) is 12.5. The van der Waals surface area contributed by atoms with Gasteiger partial charge in [0.05, 0.1) is 16.9 Å². The minimum Gasteiger partial charge on any atom is -0.389 e. The molecule has 0 bridgehead atoms. The van der Waals surface area contributed by atoms with E-state index >= 15 is 0 Å². The maximum absolute atomic E-state index is 12.7. The van der Waals surface area contributed by atoms with Crippen molar-refractivity contribution in [3.8, 4) is 0 Å². The number of carbonyl (C=O) groups is 1. The van der Waals surface area contributed by atoms with Crippen LogP contribution in [0, 0.1) is 6.92 Å². The lowest BCUT2D eigenvalue weighted by Crippen LogP contribution is -2.41. The van der Waals surface area contributed by atoms with Crippen LogP contribution in [0.25, 0.3) is 0 Å². The average Bonchev–Trinajstić information content (AvgIpc) is 2.83. The molecule has 0 spiro atoms. The van der Waals surface area contributed by atoms with Crippen molar-refractivity contribution in [3.05, 3.63) is 52.5 Å². The molecular formula is C16H20N2O2S. The van der Waals surface area contributed by atoms with Gasteiger partial charge in [-0.05, 0) is 37.9 Å². The molecule has 0 radical (unpaired) electrons. The van der Waals surface area contributed by atoms with Crippen molar-refractivity contribution >= 4 is 17.4 Å². The summed E-state index contributed by atoms with van der Waals surface area (Å²) >= 11 is 1.28. The first-order valence-electron chi connectivity index (χ1n) is 6.83. The Morgan fingerprint density at radius 3 is 2.52 bits per heavy atom. The second-order valence-corrected chi connectivity index (χ2v) is 6.40. The first kappa shape index (κ1) is 15.7. The summed E-state index contributed by atoms with van der Waals surface area (Å²) in [7, 11) is 0. The highest BCUT2D eigenvalue weighted by atomic mass is 32.1. The van der Waals surface area contributed by atoms with Crippen LogP contribution < -0.4 is 0 Å². The van der Waals surface area contributed by atoms with Gasteiger partial charge in [0.2, 0.25) is 0 Å². The number of nitrogens with zero attached hydrogens (tertiary/aromatic N) is 2. The van der Waals surface area contributed by atoms with E-state index in [4.69, 9.17) is 0 Å². The van der Waals surface area contributed by atoms with Crippen LogP contribution in [-0.4, -0.2) is 32.4 Å². The molecule has 1 aromatic heterocycles. The molecule has 0 atom stereocenters. The lowest BCUT2D eigenvalue weighted by atomic mass is 10.1. The Kier molecular flexibility index (Phi) is 4.75. The number of aryl methyl sites for hydroxylation is 1. The van der Waals surface area contributed by atoms with Crippen molar-refractivity contribution in [1.82, 2.24) is 9.27 Å². The van der Waals surface area contributed by atoms with Gasteiger partial charge < -0.3 is 10.0 Å². The van der Waals surface area contributed by atoms with Crippen molar-refractivity contribution in [2.24, 2.45) is 0 Å². The van der Waals surface area contributed by atoms with Gasteiger partial charge in [-0.1, -0.05) is 30.3 Å². The second-order valence-electron chi connectivity index (χ2n) is 5.77. The normalized spacial score (nSPS) is 11.4. The van der Waals surface area contributed by atoms with Crippen LogP contribution in [0.3, 0.4) is 0 Å². The van der Waals surface area contributed by atoms with E-state index in [2.05, 4.69) is 4.37 Å². The Morgan fingerprint density at radius 1 is 1.33 bits per heavy atom. The average molecular weight is 304 g/mol. The lowest BCUT2D eigenvalue weighted by molar-refractivity contribution is 0.0280. The van der Waals surface area contributed by atoms with Crippen LogP contribution in [0.1, 0.15) is 35.5 Å². The number of hydrogen-bond donors (Lipinski definition) is 1. The summed E-state index contributed by atoms with van der Waals surface area (Å²) in [4.78, 5) is 14.4. The van der Waals surface area contributed by atoms with Gasteiger partial charge in [-0.25, -0.2) is 0 Å². The van der Waals surface area contributed by atoms with E-state index in [1.807, 2.05) is 37.3 Å². The van der Waals surface area contributed by atoms with E-state index in [1.165, 1.54) is 11.5 Å².